The Morgan fingerprint density at radius 3 is 1.97 bits per heavy atom. The molecule has 1 aromatic rings. The van der Waals surface area contributed by atoms with Gasteiger partial charge in [0.25, 0.3) is 0 Å². The number of rotatable bonds is 15. The van der Waals surface area contributed by atoms with Crippen molar-refractivity contribution in [1.82, 2.24) is 0 Å². The van der Waals surface area contributed by atoms with E-state index in [9.17, 15) is 9.59 Å². The third-order valence-corrected chi connectivity index (χ3v) is 5.62. The molecule has 0 radical (unpaired) electrons. The molecule has 2 unspecified atom stereocenters. The average Bonchev–Trinajstić information content (AvgIpc) is 2.70. The average molecular weight is 405 g/mol. The second kappa shape index (κ2) is 14.2. The van der Waals surface area contributed by atoms with Crippen LogP contribution < -0.4 is 0 Å². The lowest BCUT2D eigenvalue weighted by atomic mass is 9.89. The van der Waals surface area contributed by atoms with E-state index < -0.39 is 5.97 Å². The van der Waals surface area contributed by atoms with Crippen LogP contribution in [-0.4, -0.2) is 23.1 Å². The summed E-state index contributed by atoms with van der Waals surface area (Å²) < 4.78 is 5.95. The molecule has 4 heteroatoms. The molecule has 2 atom stereocenters. The molecule has 0 amide bonds. The number of benzene rings is 1. The number of carboxylic acid groups (broad SMARTS) is 1. The second-order valence-corrected chi connectivity index (χ2v) is 8.52. The number of ether oxygens (including phenoxy) is 1. The Morgan fingerprint density at radius 2 is 1.45 bits per heavy atom. The van der Waals surface area contributed by atoms with Gasteiger partial charge in [-0.3, -0.25) is 0 Å². The summed E-state index contributed by atoms with van der Waals surface area (Å²) >= 11 is 0. The molecule has 0 spiro atoms. The fourth-order valence-corrected chi connectivity index (χ4v) is 3.72. The maximum Gasteiger partial charge on any atom is 0.338 e. The zero-order chi connectivity index (χ0) is 21.6. The van der Waals surface area contributed by atoms with Crippen LogP contribution in [0.3, 0.4) is 0 Å². The standard InChI is InChI=1S/C25H40O4/c1-5-7-13-20(6-2)23(14-11-9-8-10-12-19(3)4)29-25(28)22-17-15-21(16-18-22)24(26)27/h15-20,23H,5-14H2,1-4H3,(H,26,27). The van der Waals surface area contributed by atoms with Crippen LogP contribution in [0.1, 0.15) is 113 Å². The van der Waals surface area contributed by atoms with Crippen molar-refractivity contribution in [2.75, 3.05) is 0 Å². The summed E-state index contributed by atoms with van der Waals surface area (Å²) in [5.74, 6) is -0.199. The van der Waals surface area contributed by atoms with E-state index >= 15 is 0 Å². The van der Waals surface area contributed by atoms with Gasteiger partial charge in [-0.15, -0.1) is 0 Å². The molecule has 0 aliphatic carbocycles. The van der Waals surface area contributed by atoms with Gasteiger partial charge >= 0.3 is 11.9 Å². The molecule has 4 nitrogen and oxygen atoms in total. The van der Waals surface area contributed by atoms with Gasteiger partial charge in [-0.1, -0.05) is 66.2 Å². The first-order valence-electron chi connectivity index (χ1n) is 11.4. The van der Waals surface area contributed by atoms with Crippen LogP contribution in [0.15, 0.2) is 24.3 Å². The summed E-state index contributed by atoms with van der Waals surface area (Å²) in [4.78, 5) is 23.7. The van der Waals surface area contributed by atoms with Gasteiger partial charge in [0, 0.05) is 0 Å². The Kier molecular flexibility index (Phi) is 12.3. The minimum atomic E-state index is -0.995. The van der Waals surface area contributed by atoms with E-state index in [1.165, 1.54) is 37.8 Å². The lowest BCUT2D eigenvalue weighted by molar-refractivity contribution is 0.00772. The van der Waals surface area contributed by atoms with E-state index in [-0.39, 0.29) is 17.6 Å². The third kappa shape index (κ3) is 9.96. The highest BCUT2D eigenvalue weighted by atomic mass is 16.5. The molecule has 0 aliphatic rings. The summed E-state index contributed by atoms with van der Waals surface area (Å²) in [5, 5.41) is 9.02. The van der Waals surface area contributed by atoms with E-state index in [1.807, 2.05) is 0 Å². The molecule has 164 valence electrons. The van der Waals surface area contributed by atoms with Crippen molar-refractivity contribution >= 4 is 11.9 Å². The van der Waals surface area contributed by atoms with Crippen molar-refractivity contribution < 1.29 is 19.4 Å². The Bertz CT molecular complexity index is 591. The number of unbranched alkanes of at least 4 members (excludes halogenated alkanes) is 4. The second-order valence-electron chi connectivity index (χ2n) is 8.52. The third-order valence-electron chi connectivity index (χ3n) is 5.62. The van der Waals surface area contributed by atoms with Crippen LogP contribution in [0.25, 0.3) is 0 Å². The van der Waals surface area contributed by atoms with Crippen molar-refractivity contribution in [2.45, 2.75) is 98.0 Å². The molecule has 0 fully saturated rings. The summed E-state index contributed by atoms with van der Waals surface area (Å²) in [6.45, 7) is 8.88. The monoisotopic (exact) mass is 404 g/mol. The number of hydrogen-bond donors (Lipinski definition) is 1. The normalized spacial score (nSPS) is 13.3. The molecule has 1 aromatic carbocycles. The highest BCUT2D eigenvalue weighted by Gasteiger charge is 2.24. The SMILES string of the molecule is CCCCC(CC)C(CCCCCCC(C)C)OC(=O)c1ccc(C(=O)O)cc1. The first-order valence-corrected chi connectivity index (χ1v) is 11.4. The van der Waals surface area contributed by atoms with Crippen molar-refractivity contribution in [2.24, 2.45) is 11.8 Å². The molecule has 1 N–H and O–H groups in total. The number of carbonyl (C=O) groups is 2. The maximum absolute atomic E-state index is 12.7. The number of carbonyl (C=O) groups excluding carboxylic acids is 1. The van der Waals surface area contributed by atoms with Gasteiger partial charge in [0.2, 0.25) is 0 Å². The zero-order valence-corrected chi connectivity index (χ0v) is 18.8. The fourth-order valence-electron chi connectivity index (χ4n) is 3.72. The van der Waals surface area contributed by atoms with E-state index in [2.05, 4.69) is 27.7 Å². The molecular formula is C25H40O4. The number of hydrogen-bond acceptors (Lipinski definition) is 3. The lowest BCUT2D eigenvalue weighted by Crippen LogP contribution is -2.27. The van der Waals surface area contributed by atoms with Gasteiger partial charge in [-0.25, -0.2) is 9.59 Å². The van der Waals surface area contributed by atoms with Crippen LogP contribution in [-0.2, 0) is 4.74 Å². The summed E-state index contributed by atoms with van der Waals surface area (Å²) in [6.07, 6.45) is 11.3. The summed E-state index contributed by atoms with van der Waals surface area (Å²) in [5.41, 5.74) is 0.594. The number of carboxylic acids is 1. The van der Waals surface area contributed by atoms with Gasteiger partial charge in [0.1, 0.15) is 6.10 Å². The summed E-state index contributed by atoms with van der Waals surface area (Å²) in [7, 11) is 0. The van der Waals surface area contributed by atoms with Crippen molar-refractivity contribution in [3.63, 3.8) is 0 Å². The highest BCUT2D eigenvalue weighted by Crippen LogP contribution is 2.25. The van der Waals surface area contributed by atoms with Gasteiger partial charge in [0.05, 0.1) is 11.1 Å². The van der Waals surface area contributed by atoms with Crippen LogP contribution in [0.4, 0.5) is 0 Å². The van der Waals surface area contributed by atoms with Gasteiger partial charge in [-0.05, 0) is 61.8 Å². The Morgan fingerprint density at radius 1 is 0.862 bits per heavy atom. The van der Waals surface area contributed by atoms with Crippen molar-refractivity contribution in [1.29, 1.82) is 0 Å². The van der Waals surface area contributed by atoms with E-state index in [0.29, 0.717) is 11.5 Å². The molecule has 29 heavy (non-hydrogen) atoms. The Balaban J connectivity index is 2.68. The molecule has 1 rings (SSSR count). The molecule has 0 aliphatic heterocycles. The molecule has 0 aromatic heterocycles. The van der Waals surface area contributed by atoms with Crippen LogP contribution in [0, 0.1) is 11.8 Å². The van der Waals surface area contributed by atoms with Gasteiger partial charge < -0.3 is 9.84 Å². The fraction of sp³-hybridized carbons (Fsp3) is 0.680. The van der Waals surface area contributed by atoms with Crippen molar-refractivity contribution in [3.05, 3.63) is 35.4 Å². The largest absolute Gasteiger partial charge is 0.478 e. The molecule has 0 saturated carbocycles. The minimum absolute atomic E-state index is 0.0664. The zero-order valence-electron chi connectivity index (χ0n) is 18.8. The van der Waals surface area contributed by atoms with Crippen LogP contribution >= 0.6 is 0 Å². The molecule has 0 saturated heterocycles. The first kappa shape index (κ1) is 25.2. The molecular weight excluding hydrogens is 364 g/mol. The highest BCUT2D eigenvalue weighted by molar-refractivity contribution is 5.92. The predicted octanol–water partition coefficient (Wildman–Crippen LogP) is 7.12. The van der Waals surface area contributed by atoms with Crippen molar-refractivity contribution in [3.8, 4) is 0 Å². The van der Waals surface area contributed by atoms with Crippen LogP contribution in [0.2, 0.25) is 0 Å². The Labute approximate surface area is 177 Å². The summed E-state index contributed by atoms with van der Waals surface area (Å²) in [6, 6.07) is 6.00. The van der Waals surface area contributed by atoms with E-state index in [1.54, 1.807) is 12.1 Å². The van der Waals surface area contributed by atoms with Gasteiger partial charge in [-0.2, -0.15) is 0 Å². The maximum atomic E-state index is 12.7. The molecule has 0 heterocycles. The number of aromatic carboxylic acids is 1. The predicted molar refractivity (Wildman–Crippen MR) is 118 cm³/mol. The van der Waals surface area contributed by atoms with Crippen LogP contribution in [0.5, 0.6) is 0 Å². The van der Waals surface area contributed by atoms with E-state index in [0.717, 1.165) is 44.4 Å². The topological polar surface area (TPSA) is 63.6 Å². The van der Waals surface area contributed by atoms with E-state index in [4.69, 9.17) is 9.84 Å². The first-order chi connectivity index (χ1) is 13.9. The number of esters is 1. The lowest BCUT2D eigenvalue weighted by Gasteiger charge is -2.26. The molecule has 0 bridgehead atoms. The Hall–Kier alpha value is -1.84. The smallest absolute Gasteiger partial charge is 0.338 e. The van der Waals surface area contributed by atoms with Gasteiger partial charge in [0.15, 0.2) is 0 Å². The minimum Gasteiger partial charge on any atom is -0.478 e. The quantitative estimate of drug-likeness (QED) is 0.249.